The van der Waals surface area contributed by atoms with Crippen LogP contribution in [-0.4, -0.2) is 23.0 Å². The van der Waals surface area contributed by atoms with Gasteiger partial charge in [-0.05, 0) is 26.0 Å². The van der Waals surface area contributed by atoms with Crippen molar-refractivity contribution < 1.29 is 4.79 Å². The van der Waals surface area contributed by atoms with Crippen LogP contribution in [0.4, 0.5) is 0 Å². The summed E-state index contributed by atoms with van der Waals surface area (Å²) in [6.45, 7) is 8.57. The maximum Gasteiger partial charge on any atom is 0.261 e. The summed E-state index contributed by atoms with van der Waals surface area (Å²) in [5.74, 6) is 0. The molecule has 110 valence electrons. The molecule has 0 aliphatic heterocycles. The first-order valence-electron chi connectivity index (χ1n) is 6.70. The Morgan fingerprint density at radius 2 is 1.95 bits per heavy atom. The zero-order chi connectivity index (χ0) is 15.5. The molecular weight excluding hydrogens is 254 g/mol. The summed E-state index contributed by atoms with van der Waals surface area (Å²) < 4.78 is 1.61. The van der Waals surface area contributed by atoms with Crippen LogP contribution in [0.25, 0.3) is 10.9 Å². The number of hydrogen-bond acceptors (Lipinski definition) is 3. The summed E-state index contributed by atoms with van der Waals surface area (Å²) in [5, 5.41) is 2.95. The summed E-state index contributed by atoms with van der Waals surface area (Å²) in [4.78, 5) is 25.1. The van der Waals surface area contributed by atoms with E-state index in [0.29, 0.717) is 18.3 Å². The van der Waals surface area contributed by atoms with Crippen LogP contribution in [0, 0.1) is 6.92 Å². The third kappa shape index (κ3) is 4.84. The molecule has 1 N–H and O–H groups in total. The Balaban J connectivity index is 0.000000521. The van der Waals surface area contributed by atoms with Gasteiger partial charge in [-0.1, -0.05) is 25.5 Å². The number of amides is 1. The lowest BCUT2D eigenvalue weighted by molar-refractivity contribution is -0.109. The predicted octanol–water partition coefficient (Wildman–Crippen LogP) is 2.11. The second-order valence-corrected chi connectivity index (χ2v) is 3.76. The molecule has 5 nitrogen and oxygen atoms in total. The van der Waals surface area contributed by atoms with Crippen molar-refractivity contribution in [2.45, 2.75) is 34.2 Å². The first kappa shape index (κ1) is 17.8. The van der Waals surface area contributed by atoms with Crippen molar-refractivity contribution in [3.63, 3.8) is 0 Å². The fourth-order valence-electron chi connectivity index (χ4n) is 1.50. The molecule has 2 rings (SSSR count). The molecule has 1 heterocycles. The lowest BCUT2D eigenvalue weighted by atomic mass is 10.2. The highest BCUT2D eigenvalue weighted by Gasteiger charge is 2.01. The van der Waals surface area contributed by atoms with E-state index in [-0.39, 0.29) is 5.56 Å². The van der Waals surface area contributed by atoms with E-state index >= 15 is 0 Å². The van der Waals surface area contributed by atoms with Crippen molar-refractivity contribution in [1.82, 2.24) is 14.9 Å². The first-order chi connectivity index (χ1) is 9.63. The van der Waals surface area contributed by atoms with Crippen LogP contribution >= 0.6 is 0 Å². The number of nitrogens with one attached hydrogen (secondary N) is 1. The molecule has 5 heteroatoms. The van der Waals surface area contributed by atoms with Crippen LogP contribution < -0.4 is 10.9 Å². The van der Waals surface area contributed by atoms with Gasteiger partial charge in [0, 0.05) is 13.6 Å². The highest BCUT2D eigenvalue weighted by molar-refractivity contribution is 5.77. The molecule has 0 aliphatic carbocycles. The van der Waals surface area contributed by atoms with Crippen molar-refractivity contribution in [1.29, 1.82) is 0 Å². The molecule has 20 heavy (non-hydrogen) atoms. The van der Waals surface area contributed by atoms with Gasteiger partial charge in [-0.2, -0.15) is 0 Å². The van der Waals surface area contributed by atoms with E-state index in [2.05, 4.69) is 10.3 Å². The van der Waals surface area contributed by atoms with Gasteiger partial charge in [-0.15, -0.1) is 0 Å². The van der Waals surface area contributed by atoms with Crippen LogP contribution in [0.5, 0.6) is 0 Å². The number of aromatic nitrogens is 2. The maximum absolute atomic E-state index is 11.8. The highest BCUT2D eigenvalue weighted by Crippen LogP contribution is 2.08. The van der Waals surface area contributed by atoms with Crippen LogP contribution in [0.3, 0.4) is 0 Å². The van der Waals surface area contributed by atoms with Crippen molar-refractivity contribution in [2.75, 3.05) is 7.05 Å². The van der Waals surface area contributed by atoms with Gasteiger partial charge in [0.05, 0.1) is 17.2 Å². The van der Waals surface area contributed by atoms with Gasteiger partial charge in [0.25, 0.3) is 5.56 Å². The van der Waals surface area contributed by atoms with Gasteiger partial charge in [0.2, 0.25) is 6.41 Å². The number of nitrogens with zero attached hydrogens (tertiary/aromatic N) is 2. The second kappa shape index (κ2) is 9.72. The van der Waals surface area contributed by atoms with Crippen molar-refractivity contribution >= 4 is 17.3 Å². The Labute approximate surface area is 119 Å². The van der Waals surface area contributed by atoms with E-state index in [1.54, 1.807) is 17.9 Å². The molecule has 2 aromatic rings. The molecule has 1 amide bonds. The summed E-state index contributed by atoms with van der Waals surface area (Å²) in [6.07, 6.45) is 2.22. The number of rotatable bonds is 2. The van der Waals surface area contributed by atoms with E-state index in [0.717, 1.165) is 11.1 Å². The van der Waals surface area contributed by atoms with Gasteiger partial charge >= 0.3 is 0 Å². The molecule has 0 saturated heterocycles. The number of hydrogen-bond donors (Lipinski definition) is 1. The molecule has 0 saturated carbocycles. The molecule has 0 radical (unpaired) electrons. The molecule has 0 atom stereocenters. The van der Waals surface area contributed by atoms with Crippen molar-refractivity contribution in [3.05, 3.63) is 40.4 Å². The minimum Gasteiger partial charge on any atom is -0.362 e. The number of aryl methyl sites for hydroxylation is 2. The summed E-state index contributed by atoms with van der Waals surface area (Å²) in [7, 11) is 1.56. The van der Waals surface area contributed by atoms with Crippen LogP contribution in [-0.2, 0) is 11.3 Å². The van der Waals surface area contributed by atoms with Crippen LogP contribution in [0.1, 0.15) is 26.3 Å². The quantitative estimate of drug-likeness (QED) is 0.855. The van der Waals surface area contributed by atoms with E-state index in [4.69, 9.17) is 4.79 Å². The average Bonchev–Trinajstić information content (AvgIpc) is 2.50. The van der Waals surface area contributed by atoms with Gasteiger partial charge in [0.1, 0.15) is 0 Å². The molecular formula is C15H23N3O2. The van der Waals surface area contributed by atoms with Gasteiger partial charge < -0.3 is 5.32 Å². The van der Waals surface area contributed by atoms with Crippen molar-refractivity contribution in [2.24, 2.45) is 0 Å². The minimum atomic E-state index is 0.0428. The minimum absolute atomic E-state index is 0.0428. The SMILES string of the molecule is CC.CCn1cnc2ccc(C)cc2c1=O.CNC=O. The van der Waals surface area contributed by atoms with Gasteiger partial charge in [-0.3, -0.25) is 14.2 Å². The third-order valence-corrected chi connectivity index (χ3v) is 2.44. The normalized spacial score (nSPS) is 8.85. The van der Waals surface area contributed by atoms with E-state index in [9.17, 15) is 4.79 Å². The molecule has 0 unspecified atom stereocenters. The summed E-state index contributed by atoms with van der Waals surface area (Å²) >= 11 is 0. The van der Waals surface area contributed by atoms with Crippen LogP contribution in [0.2, 0.25) is 0 Å². The molecule has 1 aromatic heterocycles. The Morgan fingerprint density at radius 3 is 2.45 bits per heavy atom. The number of carbonyl (C=O) groups is 1. The van der Waals surface area contributed by atoms with Gasteiger partial charge in [-0.25, -0.2) is 4.98 Å². The monoisotopic (exact) mass is 277 g/mol. The Bertz CT molecular complexity index is 591. The lowest BCUT2D eigenvalue weighted by Crippen LogP contribution is -2.19. The zero-order valence-corrected chi connectivity index (χ0v) is 12.8. The zero-order valence-electron chi connectivity index (χ0n) is 12.8. The fraction of sp³-hybridized carbons (Fsp3) is 0.400. The average molecular weight is 277 g/mol. The Morgan fingerprint density at radius 1 is 1.35 bits per heavy atom. The van der Waals surface area contributed by atoms with E-state index in [1.807, 2.05) is 45.9 Å². The topological polar surface area (TPSA) is 64.0 Å². The molecule has 0 fully saturated rings. The first-order valence-corrected chi connectivity index (χ1v) is 6.70. The predicted molar refractivity (Wildman–Crippen MR) is 82.9 cm³/mol. The highest BCUT2D eigenvalue weighted by atomic mass is 16.1. The van der Waals surface area contributed by atoms with Crippen LogP contribution in [0.15, 0.2) is 29.3 Å². The Hall–Kier alpha value is -2.17. The number of carbonyl (C=O) groups excluding carboxylic acids is 1. The standard InChI is InChI=1S/C11H12N2O.C2H5NO.C2H6/c1-3-13-7-12-10-5-4-8(2)6-9(10)11(13)14;1-3-2-4;1-2/h4-7H,3H2,1-2H3;2H,1H3,(H,3,4);1-2H3. The molecule has 0 aliphatic rings. The third-order valence-electron chi connectivity index (χ3n) is 2.44. The van der Waals surface area contributed by atoms with E-state index < -0.39 is 0 Å². The molecule has 0 bridgehead atoms. The fourth-order valence-corrected chi connectivity index (χ4v) is 1.50. The maximum atomic E-state index is 11.8. The molecule has 1 aromatic carbocycles. The van der Waals surface area contributed by atoms with Gasteiger partial charge in [0.15, 0.2) is 0 Å². The second-order valence-electron chi connectivity index (χ2n) is 3.76. The Kier molecular flexibility index (Phi) is 8.67. The van der Waals surface area contributed by atoms with Crippen molar-refractivity contribution in [3.8, 4) is 0 Å². The number of benzene rings is 1. The summed E-state index contributed by atoms with van der Waals surface area (Å²) in [5.41, 5.74) is 1.90. The molecule has 0 spiro atoms. The largest absolute Gasteiger partial charge is 0.362 e. The van der Waals surface area contributed by atoms with E-state index in [1.165, 1.54) is 0 Å². The summed E-state index contributed by atoms with van der Waals surface area (Å²) in [6, 6.07) is 5.73. The number of fused-ring (bicyclic) bond motifs is 1. The smallest absolute Gasteiger partial charge is 0.261 e. The lowest BCUT2D eigenvalue weighted by Gasteiger charge is -2.03.